The highest BCUT2D eigenvalue weighted by atomic mass is 16.1. The molecule has 0 aliphatic carbocycles. The first kappa shape index (κ1) is 16.6. The Balaban J connectivity index is 3.04. The van der Waals surface area contributed by atoms with Crippen molar-refractivity contribution in [2.45, 2.75) is 52.5 Å². The van der Waals surface area contributed by atoms with E-state index in [9.17, 15) is 4.79 Å². The fraction of sp³-hybridized carbons (Fsp3) is 0.625. The molecule has 0 bridgehead atoms. The molecule has 1 aromatic rings. The van der Waals surface area contributed by atoms with Gasteiger partial charge in [-0.05, 0) is 32.0 Å². The van der Waals surface area contributed by atoms with Gasteiger partial charge in [0.05, 0.1) is 5.54 Å². The molecule has 0 saturated carbocycles. The second-order valence-electron chi connectivity index (χ2n) is 5.09. The quantitative estimate of drug-likeness (QED) is 0.793. The number of hydrogen-bond donors (Lipinski definition) is 1. The molecule has 112 valence electrons. The molecular weight excluding hydrogens is 250 g/mol. The zero-order chi connectivity index (χ0) is 15.2. The van der Waals surface area contributed by atoms with Gasteiger partial charge >= 0.3 is 0 Å². The molecule has 2 N–H and O–H groups in total. The molecule has 0 unspecified atom stereocenters. The van der Waals surface area contributed by atoms with E-state index in [4.69, 9.17) is 5.73 Å². The second kappa shape index (κ2) is 7.39. The number of ketones is 1. The smallest absolute Gasteiger partial charge is 0.157 e. The van der Waals surface area contributed by atoms with Gasteiger partial charge in [-0.2, -0.15) is 0 Å². The number of rotatable bonds is 8. The van der Waals surface area contributed by atoms with Gasteiger partial charge in [0.2, 0.25) is 0 Å². The molecule has 4 heteroatoms. The van der Waals surface area contributed by atoms with Crippen LogP contribution in [0.2, 0.25) is 0 Å². The zero-order valence-electron chi connectivity index (χ0n) is 13.1. The SMILES string of the molecule is CCN(CC)C(CC)(CC)C(=O)Cc1cnccc1N. The van der Waals surface area contributed by atoms with Gasteiger partial charge < -0.3 is 5.73 Å². The lowest BCUT2D eigenvalue weighted by atomic mass is 9.83. The van der Waals surface area contributed by atoms with E-state index >= 15 is 0 Å². The lowest BCUT2D eigenvalue weighted by Crippen LogP contribution is -2.54. The molecule has 0 spiro atoms. The predicted octanol–water partition coefficient (Wildman–Crippen LogP) is 2.68. The zero-order valence-corrected chi connectivity index (χ0v) is 13.1. The summed E-state index contributed by atoms with van der Waals surface area (Å²) >= 11 is 0. The molecule has 4 nitrogen and oxygen atoms in total. The lowest BCUT2D eigenvalue weighted by Gasteiger charge is -2.41. The summed E-state index contributed by atoms with van der Waals surface area (Å²) in [6, 6.07) is 1.75. The molecule has 0 aliphatic heterocycles. The third-order valence-electron chi connectivity index (χ3n) is 4.35. The van der Waals surface area contributed by atoms with Gasteiger partial charge in [-0.15, -0.1) is 0 Å². The fourth-order valence-corrected chi connectivity index (χ4v) is 3.02. The minimum absolute atomic E-state index is 0.242. The summed E-state index contributed by atoms with van der Waals surface area (Å²) in [5.41, 5.74) is 7.02. The van der Waals surface area contributed by atoms with E-state index in [0.717, 1.165) is 31.5 Å². The van der Waals surface area contributed by atoms with Crippen molar-refractivity contribution in [2.24, 2.45) is 0 Å². The Morgan fingerprint density at radius 2 is 1.85 bits per heavy atom. The maximum atomic E-state index is 12.9. The molecule has 0 saturated heterocycles. The van der Waals surface area contributed by atoms with Gasteiger partial charge in [-0.3, -0.25) is 14.7 Å². The predicted molar refractivity (Wildman–Crippen MR) is 83.6 cm³/mol. The molecule has 20 heavy (non-hydrogen) atoms. The molecule has 1 heterocycles. The number of carbonyl (C=O) groups excluding carboxylic acids is 1. The molecule has 0 atom stereocenters. The van der Waals surface area contributed by atoms with Crippen molar-refractivity contribution < 1.29 is 4.79 Å². The molecular formula is C16H27N3O. The Morgan fingerprint density at radius 1 is 1.25 bits per heavy atom. The molecule has 0 amide bonds. The Morgan fingerprint density at radius 3 is 2.30 bits per heavy atom. The van der Waals surface area contributed by atoms with Crippen molar-refractivity contribution in [3.63, 3.8) is 0 Å². The lowest BCUT2D eigenvalue weighted by molar-refractivity contribution is -0.131. The number of likely N-dealkylation sites (N-methyl/N-ethyl adjacent to an activating group) is 1. The van der Waals surface area contributed by atoms with Crippen LogP contribution in [0.4, 0.5) is 5.69 Å². The van der Waals surface area contributed by atoms with Crippen LogP contribution in [-0.4, -0.2) is 34.3 Å². The summed E-state index contributed by atoms with van der Waals surface area (Å²) in [6.07, 6.45) is 5.36. The normalized spacial score (nSPS) is 11.8. The van der Waals surface area contributed by atoms with Crippen molar-refractivity contribution in [1.82, 2.24) is 9.88 Å². The highest BCUT2D eigenvalue weighted by Crippen LogP contribution is 2.27. The van der Waals surface area contributed by atoms with Crippen LogP contribution in [0.15, 0.2) is 18.5 Å². The number of hydrogen-bond acceptors (Lipinski definition) is 4. The molecule has 0 aromatic carbocycles. The number of pyridine rings is 1. The van der Waals surface area contributed by atoms with Crippen molar-refractivity contribution in [3.8, 4) is 0 Å². The molecule has 0 aliphatic rings. The van der Waals surface area contributed by atoms with Crippen LogP contribution in [0.1, 0.15) is 46.1 Å². The third-order valence-corrected chi connectivity index (χ3v) is 4.35. The maximum absolute atomic E-state index is 12.9. The summed E-state index contributed by atoms with van der Waals surface area (Å²) in [4.78, 5) is 19.2. The number of Topliss-reactive ketones (excluding diaryl/α,β-unsaturated/α-hetero) is 1. The summed E-state index contributed by atoms with van der Waals surface area (Å²) in [5, 5.41) is 0. The van der Waals surface area contributed by atoms with Crippen LogP contribution in [0.5, 0.6) is 0 Å². The van der Waals surface area contributed by atoms with Gasteiger partial charge in [-0.25, -0.2) is 0 Å². The molecule has 1 rings (SSSR count). The molecule has 0 fully saturated rings. The monoisotopic (exact) mass is 277 g/mol. The first-order valence-corrected chi connectivity index (χ1v) is 7.52. The highest BCUT2D eigenvalue weighted by molar-refractivity contribution is 5.91. The number of carbonyl (C=O) groups is 1. The van der Waals surface area contributed by atoms with E-state index in [1.807, 2.05) is 0 Å². The minimum Gasteiger partial charge on any atom is -0.398 e. The first-order chi connectivity index (χ1) is 9.55. The number of nitrogens with two attached hydrogens (primary N) is 1. The minimum atomic E-state index is -0.383. The van der Waals surface area contributed by atoms with Crippen LogP contribution in [0, 0.1) is 0 Å². The number of anilines is 1. The Hall–Kier alpha value is -1.42. The van der Waals surface area contributed by atoms with E-state index in [1.54, 1.807) is 18.5 Å². The van der Waals surface area contributed by atoms with E-state index in [1.165, 1.54) is 0 Å². The maximum Gasteiger partial charge on any atom is 0.157 e. The van der Waals surface area contributed by atoms with Gasteiger partial charge in [0.1, 0.15) is 0 Å². The third kappa shape index (κ3) is 3.18. The Labute approximate surface area is 122 Å². The molecule has 1 aromatic heterocycles. The van der Waals surface area contributed by atoms with Crippen LogP contribution in [-0.2, 0) is 11.2 Å². The van der Waals surface area contributed by atoms with E-state index in [0.29, 0.717) is 12.1 Å². The standard InChI is InChI=1S/C16H27N3O/c1-5-16(6-2,19(7-3)8-4)15(20)11-13-12-18-10-9-14(13)17/h9-10,12H,5-8,11H2,1-4H3,(H2,17,18). The van der Waals surface area contributed by atoms with Crippen molar-refractivity contribution >= 4 is 11.5 Å². The van der Waals surface area contributed by atoms with E-state index in [2.05, 4.69) is 37.6 Å². The summed E-state index contributed by atoms with van der Waals surface area (Å²) in [5.74, 6) is 0.242. The number of nitrogens with zero attached hydrogens (tertiary/aromatic N) is 2. The second-order valence-corrected chi connectivity index (χ2v) is 5.09. The van der Waals surface area contributed by atoms with E-state index < -0.39 is 0 Å². The number of nitrogen functional groups attached to an aromatic ring is 1. The van der Waals surface area contributed by atoms with E-state index in [-0.39, 0.29) is 11.3 Å². The van der Waals surface area contributed by atoms with Crippen LogP contribution in [0.3, 0.4) is 0 Å². The topological polar surface area (TPSA) is 59.2 Å². The van der Waals surface area contributed by atoms with Gasteiger partial charge in [0.15, 0.2) is 5.78 Å². The summed E-state index contributed by atoms with van der Waals surface area (Å²) < 4.78 is 0. The first-order valence-electron chi connectivity index (χ1n) is 7.52. The van der Waals surface area contributed by atoms with Crippen molar-refractivity contribution in [3.05, 3.63) is 24.0 Å². The van der Waals surface area contributed by atoms with Crippen LogP contribution in [0.25, 0.3) is 0 Å². The largest absolute Gasteiger partial charge is 0.398 e. The summed E-state index contributed by atoms with van der Waals surface area (Å²) in [7, 11) is 0. The Bertz CT molecular complexity index is 437. The van der Waals surface area contributed by atoms with Gasteiger partial charge in [0.25, 0.3) is 0 Å². The summed E-state index contributed by atoms with van der Waals surface area (Å²) in [6.45, 7) is 10.2. The Kier molecular flexibility index (Phi) is 6.14. The average molecular weight is 277 g/mol. The highest BCUT2D eigenvalue weighted by Gasteiger charge is 2.38. The van der Waals surface area contributed by atoms with Gasteiger partial charge in [-0.1, -0.05) is 27.7 Å². The van der Waals surface area contributed by atoms with Crippen molar-refractivity contribution in [1.29, 1.82) is 0 Å². The van der Waals surface area contributed by atoms with Crippen LogP contribution < -0.4 is 5.73 Å². The van der Waals surface area contributed by atoms with Crippen molar-refractivity contribution in [2.75, 3.05) is 18.8 Å². The number of aromatic nitrogens is 1. The van der Waals surface area contributed by atoms with Gasteiger partial charge in [0, 0.05) is 30.1 Å². The average Bonchev–Trinajstić information content (AvgIpc) is 2.47. The molecule has 0 radical (unpaired) electrons. The van der Waals surface area contributed by atoms with Crippen LogP contribution >= 0.6 is 0 Å². The fourth-order valence-electron chi connectivity index (χ4n) is 3.02.